The number of hydrogen-bond donors (Lipinski definition) is 0. The van der Waals surface area contributed by atoms with Gasteiger partial charge in [0.25, 0.3) is 0 Å². The number of rotatable bonds is 12. The molecular formula is C35H30O4. The lowest BCUT2D eigenvalue weighted by Gasteiger charge is -2.34. The minimum atomic E-state index is -0.540. The van der Waals surface area contributed by atoms with Gasteiger partial charge in [0.1, 0.15) is 11.5 Å². The third-order valence-corrected chi connectivity index (χ3v) is 7.22. The van der Waals surface area contributed by atoms with Gasteiger partial charge >= 0.3 is 0 Å². The van der Waals surface area contributed by atoms with Gasteiger partial charge in [-0.2, -0.15) is 0 Å². The topological polar surface area (TPSA) is 52.6 Å². The quantitative estimate of drug-likeness (QED) is 0.167. The second-order valence-corrected chi connectivity index (χ2v) is 9.43. The standard InChI is InChI=1S/C35H30O4/c1-3-27(36)21-23-38-29-17-13-25(14-18-29)35(26-15-19-30(20-16-26)39-24-22-28(37)4-2)33-11-7-5-9-31(33)32-10-6-8-12-34(32)35/h3-20H,1-2,21-24H2. The van der Waals surface area contributed by atoms with Crippen molar-refractivity contribution in [2.75, 3.05) is 13.2 Å². The normalized spacial score (nSPS) is 12.6. The Balaban J connectivity index is 1.55. The number of fused-ring (bicyclic) bond motifs is 3. The Hall–Kier alpha value is -4.70. The zero-order chi connectivity index (χ0) is 27.2. The molecule has 0 radical (unpaired) electrons. The molecule has 4 heteroatoms. The molecule has 194 valence electrons. The lowest BCUT2D eigenvalue weighted by molar-refractivity contribution is -0.115. The number of carbonyl (C=O) groups excluding carboxylic acids is 2. The second-order valence-electron chi connectivity index (χ2n) is 9.43. The molecule has 0 spiro atoms. The van der Waals surface area contributed by atoms with E-state index in [4.69, 9.17) is 9.47 Å². The van der Waals surface area contributed by atoms with Gasteiger partial charge in [-0.3, -0.25) is 9.59 Å². The Kier molecular flexibility index (Phi) is 7.55. The third kappa shape index (κ3) is 4.94. The fraction of sp³-hybridized carbons (Fsp3) is 0.143. The van der Waals surface area contributed by atoms with E-state index < -0.39 is 5.41 Å². The van der Waals surface area contributed by atoms with Crippen molar-refractivity contribution in [1.82, 2.24) is 0 Å². The first-order valence-corrected chi connectivity index (χ1v) is 13.0. The molecule has 0 saturated carbocycles. The number of ether oxygens (including phenoxy) is 2. The average molecular weight is 515 g/mol. The summed E-state index contributed by atoms with van der Waals surface area (Å²) in [6, 6.07) is 33.4. The minimum Gasteiger partial charge on any atom is -0.493 e. The molecule has 0 unspecified atom stereocenters. The van der Waals surface area contributed by atoms with Crippen LogP contribution in [0.15, 0.2) is 122 Å². The number of ketones is 2. The molecule has 39 heavy (non-hydrogen) atoms. The molecule has 0 aromatic heterocycles. The van der Waals surface area contributed by atoms with Gasteiger partial charge in [0.2, 0.25) is 0 Å². The summed E-state index contributed by atoms with van der Waals surface area (Å²) in [7, 11) is 0. The molecule has 5 rings (SSSR count). The second kappa shape index (κ2) is 11.4. The van der Waals surface area contributed by atoms with E-state index in [0.29, 0.717) is 37.6 Å². The number of allylic oxidation sites excluding steroid dienone is 2. The average Bonchev–Trinajstić information content (AvgIpc) is 3.29. The molecule has 0 N–H and O–H groups in total. The largest absolute Gasteiger partial charge is 0.493 e. The van der Waals surface area contributed by atoms with Crippen molar-refractivity contribution in [3.63, 3.8) is 0 Å². The first-order chi connectivity index (χ1) is 19.1. The summed E-state index contributed by atoms with van der Waals surface area (Å²) in [5.74, 6) is 1.35. The van der Waals surface area contributed by atoms with Crippen molar-refractivity contribution in [3.8, 4) is 22.6 Å². The summed E-state index contributed by atoms with van der Waals surface area (Å²) in [5, 5.41) is 0. The molecule has 0 bridgehead atoms. The maximum Gasteiger partial charge on any atom is 0.158 e. The zero-order valence-corrected chi connectivity index (χ0v) is 21.8. The molecule has 4 aromatic rings. The highest BCUT2D eigenvalue weighted by Crippen LogP contribution is 2.56. The molecule has 0 aliphatic heterocycles. The first kappa shape index (κ1) is 25.9. The monoisotopic (exact) mass is 514 g/mol. The lowest BCUT2D eigenvalue weighted by atomic mass is 9.68. The van der Waals surface area contributed by atoms with Crippen LogP contribution in [0, 0.1) is 0 Å². The van der Waals surface area contributed by atoms with E-state index in [2.05, 4.69) is 86.0 Å². The van der Waals surface area contributed by atoms with Gasteiger partial charge in [0, 0.05) is 12.8 Å². The van der Waals surface area contributed by atoms with Gasteiger partial charge in [-0.25, -0.2) is 0 Å². The predicted molar refractivity (Wildman–Crippen MR) is 154 cm³/mol. The molecule has 4 aromatic carbocycles. The Labute approximate surface area is 229 Å². The van der Waals surface area contributed by atoms with Crippen LogP contribution in [0.1, 0.15) is 35.1 Å². The summed E-state index contributed by atoms with van der Waals surface area (Å²) in [6.45, 7) is 7.64. The highest BCUT2D eigenvalue weighted by atomic mass is 16.5. The molecule has 0 amide bonds. The maximum atomic E-state index is 11.6. The molecule has 0 fully saturated rings. The van der Waals surface area contributed by atoms with Crippen molar-refractivity contribution >= 4 is 11.6 Å². The summed E-state index contributed by atoms with van der Waals surface area (Å²) in [6.07, 6.45) is 3.24. The van der Waals surface area contributed by atoms with Gasteiger partial charge in [0.05, 0.1) is 18.6 Å². The Bertz CT molecular complexity index is 1400. The van der Waals surface area contributed by atoms with Crippen LogP contribution in [0.2, 0.25) is 0 Å². The van der Waals surface area contributed by atoms with Crippen LogP contribution in [0.4, 0.5) is 0 Å². The van der Waals surface area contributed by atoms with Crippen molar-refractivity contribution < 1.29 is 19.1 Å². The molecule has 1 aliphatic rings. The first-order valence-electron chi connectivity index (χ1n) is 13.0. The smallest absolute Gasteiger partial charge is 0.158 e. The SMILES string of the molecule is C=CC(=O)CCOc1ccc(C2(c3ccc(OCCC(=O)C=C)cc3)c3ccccc3-c3ccccc32)cc1. The van der Waals surface area contributed by atoms with Crippen molar-refractivity contribution in [2.45, 2.75) is 18.3 Å². The summed E-state index contributed by atoms with van der Waals surface area (Å²) >= 11 is 0. The van der Waals surface area contributed by atoms with Crippen LogP contribution < -0.4 is 9.47 Å². The van der Waals surface area contributed by atoms with Gasteiger partial charge in [-0.1, -0.05) is 86.0 Å². The van der Waals surface area contributed by atoms with Crippen LogP contribution in [0.3, 0.4) is 0 Å². The summed E-state index contributed by atoms with van der Waals surface area (Å²) < 4.78 is 11.7. The number of hydrogen-bond acceptors (Lipinski definition) is 4. The molecule has 0 atom stereocenters. The fourth-order valence-electron chi connectivity index (χ4n) is 5.37. The van der Waals surface area contributed by atoms with E-state index in [1.54, 1.807) is 0 Å². The summed E-state index contributed by atoms with van der Waals surface area (Å²) in [4.78, 5) is 23.1. The van der Waals surface area contributed by atoms with E-state index >= 15 is 0 Å². The third-order valence-electron chi connectivity index (χ3n) is 7.22. The molecule has 0 heterocycles. The highest BCUT2D eigenvalue weighted by Gasteiger charge is 2.45. The van der Waals surface area contributed by atoms with Crippen molar-refractivity contribution in [1.29, 1.82) is 0 Å². The maximum absolute atomic E-state index is 11.6. The molecule has 4 nitrogen and oxygen atoms in total. The lowest BCUT2D eigenvalue weighted by Crippen LogP contribution is -2.28. The van der Waals surface area contributed by atoms with Crippen LogP contribution in [-0.4, -0.2) is 24.8 Å². The van der Waals surface area contributed by atoms with Crippen LogP contribution in [0.5, 0.6) is 11.5 Å². The summed E-state index contributed by atoms with van der Waals surface area (Å²) in [5.41, 5.74) is 6.52. The molecule has 0 saturated heterocycles. The van der Waals surface area contributed by atoms with Gasteiger partial charge in [-0.05, 0) is 69.8 Å². The Morgan fingerprint density at radius 1 is 0.590 bits per heavy atom. The molecular weight excluding hydrogens is 484 g/mol. The fourth-order valence-corrected chi connectivity index (χ4v) is 5.37. The Morgan fingerprint density at radius 3 is 1.36 bits per heavy atom. The van der Waals surface area contributed by atoms with Crippen molar-refractivity contribution in [3.05, 3.63) is 145 Å². The van der Waals surface area contributed by atoms with E-state index in [1.807, 2.05) is 24.3 Å². The van der Waals surface area contributed by atoms with Crippen LogP contribution >= 0.6 is 0 Å². The number of benzene rings is 4. The van der Waals surface area contributed by atoms with E-state index in [-0.39, 0.29) is 11.6 Å². The predicted octanol–water partition coefficient (Wildman–Crippen LogP) is 7.10. The zero-order valence-electron chi connectivity index (χ0n) is 21.8. The number of carbonyl (C=O) groups is 2. The molecule has 1 aliphatic carbocycles. The Morgan fingerprint density at radius 2 is 0.974 bits per heavy atom. The van der Waals surface area contributed by atoms with E-state index in [0.717, 1.165) is 11.1 Å². The van der Waals surface area contributed by atoms with Gasteiger partial charge in [-0.15, -0.1) is 0 Å². The van der Waals surface area contributed by atoms with E-state index in [9.17, 15) is 9.59 Å². The van der Waals surface area contributed by atoms with Crippen molar-refractivity contribution in [2.24, 2.45) is 0 Å². The highest BCUT2D eigenvalue weighted by molar-refractivity contribution is 5.89. The van der Waals surface area contributed by atoms with Crippen LogP contribution in [0.25, 0.3) is 11.1 Å². The van der Waals surface area contributed by atoms with Gasteiger partial charge in [0.15, 0.2) is 11.6 Å². The minimum absolute atomic E-state index is 0.0375. The van der Waals surface area contributed by atoms with Gasteiger partial charge < -0.3 is 9.47 Å². The van der Waals surface area contributed by atoms with Crippen LogP contribution in [-0.2, 0) is 15.0 Å². The van der Waals surface area contributed by atoms with E-state index in [1.165, 1.54) is 34.4 Å².